The zero-order valence-electron chi connectivity index (χ0n) is 13.4. The smallest absolute Gasteiger partial charge is 0.339 e. The van der Waals surface area contributed by atoms with Crippen molar-refractivity contribution in [3.05, 3.63) is 46.2 Å². The van der Waals surface area contributed by atoms with E-state index in [2.05, 4.69) is 4.98 Å². The SMILES string of the molecule is COC(=O)c1c(C)[nH]c(C(=O)N(C)Cc2ccc(C)o2)c1C. The summed E-state index contributed by atoms with van der Waals surface area (Å²) in [5, 5.41) is 0. The van der Waals surface area contributed by atoms with Crippen LogP contribution < -0.4 is 0 Å². The Balaban J connectivity index is 2.24. The maximum absolute atomic E-state index is 12.6. The highest BCUT2D eigenvalue weighted by Crippen LogP contribution is 2.20. The number of furan rings is 1. The number of aromatic nitrogens is 1. The molecule has 118 valence electrons. The van der Waals surface area contributed by atoms with Crippen molar-refractivity contribution in [3.8, 4) is 0 Å². The van der Waals surface area contributed by atoms with Crippen molar-refractivity contribution in [2.75, 3.05) is 14.2 Å². The topological polar surface area (TPSA) is 75.5 Å². The average Bonchev–Trinajstić information content (AvgIpc) is 3.00. The van der Waals surface area contributed by atoms with Gasteiger partial charge in [-0.2, -0.15) is 0 Å². The highest BCUT2D eigenvalue weighted by molar-refractivity contribution is 6.00. The fourth-order valence-electron chi connectivity index (χ4n) is 2.44. The number of carbonyl (C=O) groups is 2. The minimum Gasteiger partial charge on any atom is -0.465 e. The minimum atomic E-state index is -0.449. The maximum atomic E-state index is 12.6. The van der Waals surface area contributed by atoms with Gasteiger partial charge in [0.1, 0.15) is 17.2 Å². The third-order valence-corrected chi connectivity index (χ3v) is 3.58. The molecule has 1 N–H and O–H groups in total. The van der Waals surface area contributed by atoms with E-state index in [4.69, 9.17) is 9.15 Å². The lowest BCUT2D eigenvalue weighted by Crippen LogP contribution is -2.27. The lowest BCUT2D eigenvalue weighted by Gasteiger charge is -2.15. The number of H-pyrrole nitrogens is 1. The Morgan fingerprint density at radius 3 is 2.50 bits per heavy atom. The molecule has 0 aliphatic carbocycles. The highest BCUT2D eigenvalue weighted by atomic mass is 16.5. The van der Waals surface area contributed by atoms with Crippen molar-refractivity contribution in [2.24, 2.45) is 0 Å². The van der Waals surface area contributed by atoms with Crippen molar-refractivity contribution in [1.29, 1.82) is 0 Å². The summed E-state index contributed by atoms with van der Waals surface area (Å²) in [7, 11) is 3.01. The van der Waals surface area contributed by atoms with E-state index in [1.54, 1.807) is 20.9 Å². The van der Waals surface area contributed by atoms with Crippen LogP contribution in [0, 0.1) is 20.8 Å². The van der Waals surface area contributed by atoms with Gasteiger partial charge in [0.2, 0.25) is 0 Å². The first-order valence-corrected chi connectivity index (χ1v) is 6.93. The predicted octanol–water partition coefficient (Wildman–Crippen LogP) is 2.59. The van der Waals surface area contributed by atoms with Crippen molar-refractivity contribution in [3.63, 3.8) is 0 Å². The van der Waals surface area contributed by atoms with Crippen molar-refractivity contribution < 1.29 is 18.7 Å². The molecule has 0 bridgehead atoms. The van der Waals surface area contributed by atoms with Gasteiger partial charge in [0.25, 0.3) is 5.91 Å². The minimum absolute atomic E-state index is 0.204. The number of methoxy groups -OCH3 is 1. The lowest BCUT2D eigenvalue weighted by atomic mass is 10.1. The summed E-state index contributed by atoms with van der Waals surface area (Å²) in [5.74, 6) is 0.859. The van der Waals surface area contributed by atoms with Gasteiger partial charge in [-0.3, -0.25) is 4.79 Å². The normalized spacial score (nSPS) is 10.6. The van der Waals surface area contributed by atoms with Crippen LogP contribution in [0.5, 0.6) is 0 Å². The molecular formula is C16H20N2O4. The van der Waals surface area contributed by atoms with E-state index in [9.17, 15) is 9.59 Å². The second kappa shape index (κ2) is 6.09. The number of nitrogens with zero attached hydrogens (tertiary/aromatic N) is 1. The van der Waals surface area contributed by atoms with Crippen LogP contribution in [0.3, 0.4) is 0 Å². The number of carbonyl (C=O) groups excluding carboxylic acids is 2. The van der Waals surface area contributed by atoms with E-state index in [0.717, 1.165) is 5.76 Å². The van der Waals surface area contributed by atoms with E-state index in [0.29, 0.717) is 34.8 Å². The number of aromatic amines is 1. The summed E-state index contributed by atoms with van der Waals surface area (Å²) in [6, 6.07) is 3.69. The quantitative estimate of drug-likeness (QED) is 0.881. The van der Waals surface area contributed by atoms with Gasteiger partial charge in [-0.25, -0.2) is 4.79 Å². The van der Waals surface area contributed by atoms with E-state index >= 15 is 0 Å². The predicted molar refractivity (Wildman–Crippen MR) is 80.8 cm³/mol. The van der Waals surface area contributed by atoms with Crippen molar-refractivity contribution in [1.82, 2.24) is 9.88 Å². The van der Waals surface area contributed by atoms with Gasteiger partial charge >= 0.3 is 5.97 Å². The number of hydrogen-bond donors (Lipinski definition) is 1. The van der Waals surface area contributed by atoms with Crippen LogP contribution in [0.4, 0.5) is 0 Å². The molecule has 22 heavy (non-hydrogen) atoms. The zero-order chi connectivity index (χ0) is 16.4. The Kier molecular flexibility index (Phi) is 4.40. The van der Waals surface area contributed by atoms with Gasteiger partial charge in [0.05, 0.1) is 19.2 Å². The Labute approximate surface area is 129 Å². The first kappa shape index (κ1) is 15.9. The fraction of sp³-hybridized carbons (Fsp3) is 0.375. The molecule has 0 saturated carbocycles. The van der Waals surface area contributed by atoms with Crippen LogP contribution in [-0.2, 0) is 11.3 Å². The summed E-state index contributed by atoms with van der Waals surface area (Å²) in [6.45, 7) is 5.68. The van der Waals surface area contributed by atoms with Gasteiger partial charge in [0.15, 0.2) is 0 Å². The molecule has 1 amide bonds. The second-order valence-electron chi connectivity index (χ2n) is 5.29. The molecule has 2 aromatic heterocycles. The first-order chi connectivity index (χ1) is 10.3. The summed E-state index contributed by atoms with van der Waals surface area (Å²) >= 11 is 0. The Morgan fingerprint density at radius 2 is 1.95 bits per heavy atom. The number of rotatable bonds is 4. The molecule has 0 radical (unpaired) electrons. The standard InChI is InChI=1S/C16H20N2O4/c1-9-6-7-12(22-9)8-18(4)15(19)14-10(2)13(11(3)17-14)16(20)21-5/h6-7,17H,8H2,1-5H3. The number of amides is 1. The summed E-state index contributed by atoms with van der Waals surface area (Å²) in [6.07, 6.45) is 0. The maximum Gasteiger partial charge on any atom is 0.339 e. The van der Waals surface area contributed by atoms with Gasteiger partial charge in [-0.1, -0.05) is 0 Å². The summed E-state index contributed by atoms with van der Waals surface area (Å²) in [4.78, 5) is 28.8. The summed E-state index contributed by atoms with van der Waals surface area (Å²) in [5.41, 5.74) is 2.02. The van der Waals surface area contributed by atoms with E-state index in [-0.39, 0.29) is 5.91 Å². The second-order valence-corrected chi connectivity index (χ2v) is 5.29. The van der Waals surface area contributed by atoms with Crippen molar-refractivity contribution in [2.45, 2.75) is 27.3 Å². The van der Waals surface area contributed by atoms with Crippen LogP contribution in [-0.4, -0.2) is 35.9 Å². The van der Waals surface area contributed by atoms with Crippen LogP contribution in [0.2, 0.25) is 0 Å². The van der Waals surface area contributed by atoms with Crippen LogP contribution in [0.25, 0.3) is 0 Å². The summed E-state index contributed by atoms with van der Waals surface area (Å²) < 4.78 is 10.2. The van der Waals surface area contributed by atoms with Gasteiger partial charge in [-0.15, -0.1) is 0 Å². The number of esters is 1. The third-order valence-electron chi connectivity index (χ3n) is 3.58. The molecule has 6 heteroatoms. The molecule has 0 saturated heterocycles. The molecule has 0 unspecified atom stereocenters. The van der Waals surface area contributed by atoms with Crippen LogP contribution >= 0.6 is 0 Å². The van der Waals surface area contributed by atoms with Gasteiger partial charge in [-0.05, 0) is 38.5 Å². The highest BCUT2D eigenvalue weighted by Gasteiger charge is 2.24. The molecular weight excluding hydrogens is 284 g/mol. The molecule has 0 fully saturated rings. The molecule has 2 aromatic rings. The van der Waals surface area contributed by atoms with Gasteiger partial charge < -0.3 is 19.0 Å². The Hall–Kier alpha value is -2.50. The van der Waals surface area contributed by atoms with Crippen molar-refractivity contribution >= 4 is 11.9 Å². The van der Waals surface area contributed by atoms with E-state index < -0.39 is 5.97 Å². The molecule has 2 rings (SSSR count). The molecule has 0 atom stereocenters. The number of hydrogen-bond acceptors (Lipinski definition) is 4. The molecule has 6 nitrogen and oxygen atoms in total. The van der Waals surface area contributed by atoms with E-state index in [1.165, 1.54) is 12.0 Å². The van der Waals surface area contributed by atoms with Gasteiger partial charge in [0, 0.05) is 12.7 Å². The molecule has 2 heterocycles. The fourth-order valence-corrected chi connectivity index (χ4v) is 2.44. The Bertz CT molecular complexity index is 712. The zero-order valence-corrected chi connectivity index (χ0v) is 13.4. The molecule has 0 aromatic carbocycles. The van der Waals surface area contributed by atoms with Crippen LogP contribution in [0.1, 0.15) is 43.6 Å². The molecule has 0 aliphatic heterocycles. The first-order valence-electron chi connectivity index (χ1n) is 6.93. The number of aryl methyl sites for hydroxylation is 2. The monoisotopic (exact) mass is 304 g/mol. The third kappa shape index (κ3) is 2.90. The average molecular weight is 304 g/mol. The number of ether oxygens (including phenoxy) is 1. The number of nitrogens with one attached hydrogen (secondary N) is 1. The van der Waals surface area contributed by atoms with Crippen LogP contribution in [0.15, 0.2) is 16.5 Å². The molecule has 0 aliphatic rings. The lowest BCUT2D eigenvalue weighted by molar-refractivity contribution is 0.0599. The Morgan fingerprint density at radius 1 is 1.27 bits per heavy atom. The van der Waals surface area contributed by atoms with E-state index in [1.807, 2.05) is 19.1 Å². The largest absolute Gasteiger partial charge is 0.465 e. The molecule has 0 spiro atoms.